The topological polar surface area (TPSA) is 56.7 Å². The molecular weight excluding hydrogens is 882 g/mol. The summed E-state index contributed by atoms with van der Waals surface area (Å²) in [7, 11) is 0. The summed E-state index contributed by atoms with van der Waals surface area (Å²) >= 11 is 0. The van der Waals surface area contributed by atoms with Crippen molar-refractivity contribution in [2.45, 2.75) is 20.8 Å². The number of benzene rings is 6. The van der Waals surface area contributed by atoms with Gasteiger partial charge in [0.15, 0.2) is 0 Å². The van der Waals surface area contributed by atoms with Crippen LogP contribution in [0.2, 0.25) is 0 Å². The number of aromatic nitrogens is 5. The summed E-state index contributed by atoms with van der Waals surface area (Å²) in [4.78, 5) is 15.3. The second-order valence-corrected chi connectivity index (χ2v) is 14.5. The van der Waals surface area contributed by atoms with E-state index in [9.17, 15) is 0 Å². The number of hydrogen-bond acceptors (Lipinski definition) is 4. The number of aryl methyl sites for hydroxylation is 3. The summed E-state index contributed by atoms with van der Waals surface area (Å²) < 4.78 is 11.1. The first-order valence-corrected chi connectivity index (χ1v) is 18.8. The molecule has 0 bridgehead atoms. The summed E-state index contributed by atoms with van der Waals surface area (Å²) in [6.07, 6.45) is 3.80. The Balaban J connectivity index is 0.00000396. The number of rotatable bonds is 5. The third kappa shape index (κ3) is 5.47. The van der Waals surface area contributed by atoms with Crippen LogP contribution in [0, 0.1) is 32.9 Å². The van der Waals surface area contributed by atoms with Crippen LogP contribution in [0.5, 0.6) is 11.5 Å². The minimum Gasteiger partial charge on any atom is -0.497 e. The molecule has 5 heterocycles. The zero-order valence-corrected chi connectivity index (χ0v) is 33.6. The monoisotopic (exact) mass is 914 g/mol. The Morgan fingerprint density at radius 1 is 0.544 bits per heavy atom. The molecule has 11 rings (SSSR count). The SMILES string of the molecule is Cc1cc(C)c(-c2cnc3c4[c-]c(Oc5[c-]c6c(cc5)c5ccccc5n5c(-c7ccccc7)c(-c7ccccc7)nc65)ccc4c4cccnc4n23)c(C)c1.[Pt+2]. The molecule has 0 aliphatic heterocycles. The van der Waals surface area contributed by atoms with Crippen molar-refractivity contribution in [2.75, 3.05) is 0 Å². The van der Waals surface area contributed by atoms with Gasteiger partial charge in [0.25, 0.3) is 0 Å². The number of para-hydroxylation sites is 1. The standard InChI is InChI=1S/C50H33N5O.Pt/c1-30-25-31(2)45(32(3)26-30)44-29-52-49-41-27-35(21-23-38(41)40-18-12-24-51-48(40)55(44)49)56-36-20-22-37-39-17-10-11-19-43(39)54-47(34-15-8-5-9-16-34)46(33-13-6-4-7-14-33)53-50(54)42(37)28-36;/h4-26,29H,1-3H3;/q-2;+2. The van der Waals surface area contributed by atoms with E-state index in [1.165, 1.54) is 16.7 Å². The van der Waals surface area contributed by atoms with Crippen molar-refractivity contribution in [1.82, 2.24) is 23.8 Å². The maximum absolute atomic E-state index is 6.66. The van der Waals surface area contributed by atoms with Gasteiger partial charge in [-0.15, -0.1) is 12.1 Å². The first kappa shape index (κ1) is 34.8. The van der Waals surface area contributed by atoms with E-state index < -0.39 is 0 Å². The van der Waals surface area contributed by atoms with Crippen LogP contribution in [0.25, 0.3) is 88.5 Å². The van der Waals surface area contributed by atoms with E-state index in [1.54, 1.807) is 0 Å². The molecule has 0 fully saturated rings. The van der Waals surface area contributed by atoms with Gasteiger partial charge in [-0.2, -0.15) is 0 Å². The molecule has 0 aliphatic carbocycles. The minimum atomic E-state index is 0. The van der Waals surface area contributed by atoms with Crippen LogP contribution in [0.1, 0.15) is 16.7 Å². The summed E-state index contributed by atoms with van der Waals surface area (Å²) in [5, 5.41) is 5.94. The minimum absolute atomic E-state index is 0. The van der Waals surface area contributed by atoms with Crippen molar-refractivity contribution in [3.63, 3.8) is 0 Å². The molecule has 0 amide bonds. The molecule has 0 spiro atoms. The van der Waals surface area contributed by atoms with Crippen molar-refractivity contribution in [3.05, 3.63) is 175 Å². The Kier molecular flexibility index (Phi) is 8.28. The van der Waals surface area contributed by atoms with Crippen LogP contribution in [0.3, 0.4) is 0 Å². The van der Waals surface area contributed by atoms with Gasteiger partial charge in [0.2, 0.25) is 0 Å². The number of nitrogens with zero attached hydrogens (tertiary/aromatic N) is 5. The predicted molar refractivity (Wildman–Crippen MR) is 226 cm³/mol. The van der Waals surface area contributed by atoms with E-state index in [0.717, 1.165) is 88.5 Å². The van der Waals surface area contributed by atoms with Gasteiger partial charge in [0.1, 0.15) is 5.65 Å². The molecule has 0 saturated carbocycles. The van der Waals surface area contributed by atoms with E-state index in [0.29, 0.717) is 11.5 Å². The van der Waals surface area contributed by atoms with Gasteiger partial charge in [-0.1, -0.05) is 148 Å². The average Bonchev–Trinajstić information content (AvgIpc) is 3.85. The maximum atomic E-state index is 6.66. The first-order chi connectivity index (χ1) is 27.5. The normalized spacial score (nSPS) is 11.6. The Bertz CT molecular complexity index is 3350. The van der Waals surface area contributed by atoms with Gasteiger partial charge in [-0.25, -0.2) is 4.98 Å². The van der Waals surface area contributed by atoms with Crippen molar-refractivity contribution < 1.29 is 25.8 Å². The molecule has 57 heavy (non-hydrogen) atoms. The summed E-state index contributed by atoms with van der Waals surface area (Å²) in [6, 6.07) is 53.4. The fourth-order valence-corrected chi connectivity index (χ4v) is 8.66. The smallest absolute Gasteiger partial charge is 0.497 e. The molecule has 5 aromatic heterocycles. The van der Waals surface area contributed by atoms with Gasteiger partial charge in [0, 0.05) is 40.5 Å². The molecular formula is C50H33N5OPt. The Labute approximate surface area is 343 Å². The first-order valence-electron chi connectivity index (χ1n) is 18.8. The predicted octanol–water partition coefficient (Wildman–Crippen LogP) is 12.3. The van der Waals surface area contributed by atoms with Crippen molar-refractivity contribution in [3.8, 4) is 45.3 Å². The zero-order valence-electron chi connectivity index (χ0n) is 31.3. The quantitative estimate of drug-likeness (QED) is 0.127. The van der Waals surface area contributed by atoms with Gasteiger partial charge in [-0.05, 0) is 60.4 Å². The van der Waals surface area contributed by atoms with Crippen LogP contribution >= 0.6 is 0 Å². The third-order valence-corrected chi connectivity index (χ3v) is 10.9. The molecule has 6 aromatic carbocycles. The Morgan fingerprint density at radius 3 is 1.88 bits per heavy atom. The largest absolute Gasteiger partial charge is 2.00 e. The number of fused-ring (bicyclic) bond motifs is 12. The molecule has 11 aromatic rings. The molecule has 0 radical (unpaired) electrons. The summed E-state index contributed by atoms with van der Waals surface area (Å²) in [5.74, 6) is 1.14. The van der Waals surface area contributed by atoms with Crippen LogP contribution in [0.15, 0.2) is 146 Å². The maximum Gasteiger partial charge on any atom is 2.00 e. The number of pyridine rings is 3. The van der Waals surface area contributed by atoms with E-state index in [-0.39, 0.29) is 21.1 Å². The van der Waals surface area contributed by atoms with Crippen LogP contribution in [-0.2, 0) is 21.1 Å². The van der Waals surface area contributed by atoms with Gasteiger partial charge in [0.05, 0.1) is 28.4 Å². The molecule has 6 nitrogen and oxygen atoms in total. The van der Waals surface area contributed by atoms with Crippen LogP contribution in [-0.4, -0.2) is 23.8 Å². The van der Waals surface area contributed by atoms with E-state index in [2.05, 4.69) is 145 Å². The Morgan fingerprint density at radius 2 is 1.16 bits per heavy atom. The molecule has 0 atom stereocenters. The molecule has 7 heteroatoms. The van der Waals surface area contributed by atoms with Crippen molar-refractivity contribution in [2.24, 2.45) is 0 Å². The van der Waals surface area contributed by atoms with Crippen LogP contribution in [0.4, 0.5) is 0 Å². The zero-order chi connectivity index (χ0) is 37.5. The van der Waals surface area contributed by atoms with E-state index in [4.69, 9.17) is 19.7 Å². The number of hydrogen-bond donors (Lipinski definition) is 0. The van der Waals surface area contributed by atoms with E-state index >= 15 is 0 Å². The van der Waals surface area contributed by atoms with Crippen molar-refractivity contribution >= 4 is 54.8 Å². The van der Waals surface area contributed by atoms with Gasteiger partial charge < -0.3 is 13.5 Å². The Hall–Kier alpha value is -6.62. The number of ether oxygens (including phenoxy) is 1. The van der Waals surface area contributed by atoms with E-state index in [1.807, 2.05) is 42.7 Å². The molecule has 274 valence electrons. The molecule has 0 unspecified atom stereocenters. The third-order valence-electron chi connectivity index (χ3n) is 10.9. The molecule has 0 N–H and O–H groups in total. The van der Waals surface area contributed by atoms with Crippen molar-refractivity contribution in [1.29, 1.82) is 0 Å². The summed E-state index contributed by atoms with van der Waals surface area (Å²) in [5.41, 5.74) is 13.4. The average molecular weight is 915 g/mol. The van der Waals surface area contributed by atoms with Gasteiger partial charge in [-0.3, -0.25) is 9.97 Å². The fraction of sp³-hybridized carbons (Fsp3) is 0.0600. The summed E-state index contributed by atoms with van der Waals surface area (Å²) in [6.45, 7) is 6.46. The second-order valence-electron chi connectivity index (χ2n) is 14.5. The van der Waals surface area contributed by atoms with Gasteiger partial charge >= 0.3 is 21.1 Å². The van der Waals surface area contributed by atoms with Crippen LogP contribution < -0.4 is 4.74 Å². The molecule has 0 saturated heterocycles. The second kappa shape index (κ2) is 13.5. The number of imidazole rings is 2. The fourth-order valence-electron chi connectivity index (χ4n) is 8.66. The molecule has 0 aliphatic rings.